The minimum absolute atomic E-state index is 0.0464. The first-order valence-electron chi connectivity index (χ1n) is 28.4. The van der Waals surface area contributed by atoms with Crippen molar-refractivity contribution in [2.75, 3.05) is 0 Å². The zero-order valence-electron chi connectivity index (χ0n) is 46.0. The third-order valence-electron chi connectivity index (χ3n) is 16.7. The highest BCUT2D eigenvalue weighted by atomic mass is 32.1. The maximum atomic E-state index is 2.45. The van der Waals surface area contributed by atoms with Gasteiger partial charge in [-0.25, -0.2) is 0 Å². The van der Waals surface area contributed by atoms with E-state index in [0.717, 1.165) is 0 Å². The van der Waals surface area contributed by atoms with Crippen LogP contribution in [-0.2, 0) is 5.41 Å². The number of rotatable bonds is 9. The zero-order chi connectivity index (χ0) is 54.9. The molecule has 0 saturated carbocycles. The average Bonchev–Trinajstić information content (AvgIpc) is 3.53. The van der Waals surface area contributed by atoms with Crippen molar-refractivity contribution in [3.8, 4) is 97.4 Å². The topological polar surface area (TPSA) is 0 Å². The van der Waals surface area contributed by atoms with Gasteiger partial charge in [-0.1, -0.05) is 288 Å². The van der Waals surface area contributed by atoms with Crippen molar-refractivity contribution in [2.24, 2.45) is 0 Å². The molecule has 0 bridgehead atoms. The summed E-state index contributed by atoms with van der Waals surface area (Å²) in [6.07, 6.45) is 0. The summed E-state index contributed by atoms with van der Waals surface area (Å²) in [6, 6.07) is 106. The molecule has 0 unspecified atom stereocenters. The second-order valence-corrected chi connectivity index (χ2v) is 24.7. The van der Waals surface area contributed by atoms with Gasteiger partial charge >= 0.3 is 0 Å². The first-order chi connectivity index (χ1) is 40.3. The van der Waals surface area contributed by atoms with Crippen molar-refractivity contribution in [3.63, 3.8) is 0 Å². The third kappa shape index (κ3) is 8.49. The Morgan fingerprint density at radius 3 is 1.07 bits per heavy atom. The summed E-state index contributed by atoms with van der Waals surface area (Å²) in [4.78, 5) is 5.15. The number of fused-ring (bicyclic) bond motifs is 8. The molecular weight excluding hydrogens is 1030 g/mol. The van der Waals surface area contributed by atoms with Gasteiger partial charge in [0.2, 0.25) is 0 Å². The smallest absolute Gasteiger partial charge is 0.0440 e. The first kappa shape index (κ1) is 49.6. The van der Waals surface area contributed by atoms with Gasteiger partial charge in [-0.3, -0.25) is 0 Å². The largest absolute Gasteiger partial charge is 0.134 e. The van der Waals surface area contributed by atoms with E-state index in [0.29, 0.717) is 0 Å². The van der Waals surface area contributed by atoms with Crippen LogP contribution in [-0.4, -0.2) is 0 Å². The maximum absolute atomic E-state index is 2.45. The lowest BCUT2D eigenvalue weighted by atomic mass is 9.80. The lowest BCUT2D eigenvalue weighted by Gasteiger charge is -2.24. The molecule has 0 N–H and O–H groups in total. The number of hydrogen-bond donors (Lipinski definition) is 0. The van der Waals surface area contributed by atoms with Gasteiger partial charge in [0.05, 0.1) is 0 Å². The van der Waals surface area contributed by atoms with Gasteiger partial charge in [0, 0.05) is 63.3 Å². The average molecular weight is 1080 g/mol. The molecular formula is C80H56S2. The molecule has 82 heavy (non-hydrogen) atoms. The minimum atomic E-state index is -0.0464. The highest BCUT2D eigenvalue weighted by molar-refractivity contribution is 7.21. The quantitative estimate of drug-likeness (QED) is 0.126. The van der Waals surface area contributed by atoms with Crippen LogP contribution in [0.2, 0.25) is 0 Å². The third-order valence-corrected chi connectivity index (χ3v) is 19.3. The second kappa shape index (κ2) is 20.3. The molecule has 0 nitrogen and oxygen atoms in total. The van der Waals surface area contributed by atoms with Gasteiger partial charge in [0.15, 0.2) is 0 Å². The molecule has 0 aliphatic heterocycles. The van der Waals surface area contributed by atoms with Crippen molar-refractivity contribution in [1.29, 1.82) is 0 Å². The van der Waals surface area contributed by atoms with Crippen LogP contribution in [0.3, 0.4) is 0 Å². The number of thiophene rings is 2. The van der Waals surface area contributed by atoms with Crippen molar-refractivity contribution >= 4 is 76.5 Å². The molecule has 2 heteroatoms. The monoisotopic (exact) mass is 1080 g/mol. The van der Waals surface area contributed by atoms with Gasteiger partial charge in [-0.05, 0) is 117 Å². The Kier molecular flexibility index (Phi) is 12.3. The van der Waals surface area contributed by atoms with Crippen LogP contribution >= 0.6 is 22.7 Å². The van der Waals surface area contributed by atoms with E-state index in [-0.39, 0.29) is 5.41 Å². The molecule has 0 aliphatic carbocycles. The first-order valence-corrected chi connectivity index (χ1v) is 30.0. The van der Waals surface area contributed by atoms with Gasteiger partial charge in [-0.15, -0.1) is 22.7 Å². The summed E-state index contributed by atoms with van der Waals surface area (Å²) in [5.74, 6) is 0. The molecule has 0 radical (unpaired) electrons. The SMILES string of the molecule is CC(C)(C)c1cc(-c2ccccc2)c(-c2sc(-c3ccccc3-c3ccc(-c4cccc(-c5ccccc5-c5sc(-c6cccc7c8ccccc8c8ccccc8c67)c6ccccc56)c4)cc3)c3ccccc23)c(-c2ccccc2)c1. The van der Waals surface area contributed by atoms with Crippen LogP contribution in [0.15, 0.2) is 285 Å². The Morgan fingerprint density at radius 1 is 0.220 bits per heavy atom. The Morgan fingerprint density at radius 2 is 0.549 bits per heavy atom. The summed E-state index contributed by atoms with van der Waals surface area (Å²) in [7, 11) is 0. The standard InChI is InChI=1S/C80H56S2/c1-80(2,3)57-49-72(52-24-6-4-7-25-52)75(73(50-57)53-26-8-5-9-27-53)79-70-41-21-20-40-69(70)77(82-79)65-36-16-10-30-58(65)54-46-44-51(45-47-54)55-28-22-29-56(48-55)59-31-11-17-37-66(59)76-67-38-18-19-39-68(67)78(81-76)71-43-23-42-64-62-33-13-12-32-60(62)61-34-14-15-35-63(61)74(64)71/h4-50H,1-3H3. The van der Waals surface area contributed by atoms with Gasteiger partial charge in [0.1, 0.15) is 0 Å². The number of hydrogen-bond acceptors (Lipinski definition) is 2. The molecule has 0 saturated heterocycles. The van der Waals surface area contributed by atoms with Crippen molar-refractivity contribution < 1.29 is 0 Å². The predicted octanol–water partition coefficient (Wildman–Crippen LogP) is 23.9. The lowest BCUT2D eigenvalue weighted by Crippen LogP contribution is -2.12. The van der Waals surface area contributed by atoms with E-state index in [1.54, 1.807) is 0 Å². The molecule has 388 valence electrons. The van der Waals surface area contributed by atoms with Crippen molar-refractivity contribution in [1.82, 2.24) is 0 Å². The fourth-order valence-corrected chi connectivity index (χ4v) is 15.4. The molecule has 0 fully saturated rings. The van der Waals surface area contributed by atoms with Crippen LogP contribution in [0.5, 0.6) is 0 Å². The molecule has 2 heterocycles. The van der Waals surface area contributed by atoms with Crippen LogP contribution in [0, 0.1) is 0 Å². The molecule has 15 rings (SSSR count). The van der Waals surface area contributed by atoms with Gasteiger partial charge in [0.25, 0.3) is 0 Å². The van der Waals surface area contributed by atoms with Gasteiger partial charge < -0.3 is 0 Å². The maximum Gasteiger partial charge on any atom is 0.0440 e. The van der Waals surface area contributed by atoms with Gasteiger partial charge in [-0.2, -0.15) is 0 Å². The zero-order valence-corrected chi connectivity index (χ0v) is 47.6. The summed E-state index contributed by atoms with van der Waals surface area (Å²) in [5, 5.41) is 12.9. The summed E-state index contributed by atoms with van der Waals surface area (Å²) in [6.45, 7) is 6.97. The Bertz CT molecular complexity index is 4830. The van der Waals surface area contributed by atoms with Crippen LogP contribution in [0.4, 0.5) is 0 Å². The predicted molar refractivity (Wildman–Crippen MR) is 357 cm³/mol. The minimum Gasteiger partial charge on any atom is -0.134 e. The van der Waals surface area contributed by atoms with E-state index in [1.807, 2.05) is 22.7 Å². The molecule has 0 spiro atoms. The fraction of sp³-hybridized carbons (Fsp3) is 0.0500. The Hall–Kier alpha value is -9.44. The van der Waals surface area contributed by atoms with E-state index < -0.39 is 0 Å². The van der Waals surface area contributed by atoms with Crippen molar-refractivity contribution in [2.45, 2.75) is 26.2 Å². The number of benzene rings is 13. The van der Waals surface area contributed by atoms with Crippen LogP contribution < -0.4 is 0 Å². The van der Waals surface area contributed by atoms with E-state index in [1.165, 1.54) is 157 Å². The van der Waals surface area contributed by atoms with E-state index in [4.69, 9.17) is 0 Å². The normalized spacial score (nSPS) is 11.8. The molecule has 0 atom stereocenters. The molecule has 13 aromatic carbocycles. The summed E-state index contributed by atoms with van der Waals surface area (Å²) in [5.41, 5.74) is 18.5. The molecule has 2 aromatic heterocycles. The van der Waals surface area contributed by atoms with E-state index in [2.05, 4.69) is 306 Å². The molecule has 0 amide bonds. The highest BCUT2D eigenvalue weighted by Crippen LogP contribution is 2.54. The Labute approximate surface area is 487 Å². The van der Waals surface area contributed by atoms with Crippen LogP contribution in [0.1, 0.15) is 26.3 Å². The fourth-order valence-electron chi connectivity index (χ4n) is 12.7. The van der Waals surface area contributed by atoms with E-state index in [9.17, 15) is 0 Å². The highest BCUT2D eigenvalue weighted by Gasteiger charge is 2.26. The van der Waals surface area contributed by atoms with E-state index >= 15 is 0 Å². The molecule has 0 aliphatic rings. The second-order valence-electron chi connectivity index (χ2n) is 22.6. The molecule has 15 aromatic rings. The lowest BCUT2D eigenvalue weighted by molar-refractivity contribution is 0.591. The summed E-state index contributed by atoms with van der Waals surface area (Å²) >= 11 is 3.84. The summed E-state index contributed by atoms with van der Waals surface area (Å²) < 4.78 is 0. The van der Waals surface area contributed by atoms with Crippen LogP contribution in [0.25, 0.3) is 151 Å². The van der Waals surface area contributed by atoms with Crippen molar-refractivity contribution in [3.05, 3.63) is 291 Å². The Balaban J connectivity index is 0.810.